The zero-order valence-electron chi connectivity index (χ0n) is 19.8. The number of benzene rings is 1. The zero-order valence-corrected chi connectivity index (χ0v) is 19.8. The molecule has 1 N–H and O–H groups in total. The van der Waals surface area contributed by atoms with E-state index in [0.717, 1.165) is 27.9 Å². The molecule has 0 saturated carbocycles. The van der Waals surface area contributed by atoms with E-state index in [1.165, 1.54) is 6.07 Å². The zero-order chi connectivity index (χ0) is 25.2. The first-order valence-corrected chi connectivity index (χ1v) is 11.7. The van der Waals surface area contributed by atoms with Crippen LogP contribution in [0.5, 0.6) is 5.75 Å². The quantitative estimate of drug-likeness (QED) is 0.468. The van der Waals surface area contributed by atoms with E-state index < -0.39 is 18.0 Å². The fourth-order valence-corrected chi connectivity index (χ4v) is 4.59. The number of pyridine rings is 1. The van der Waals surface area contributed by atoms with E-state index in [-0.39, 0.29) is 18.1 Å². The summed E-state index contributed by atoms with van der Waals surface area (Å²) in [4.78, 5) is 30.7. The van der Waals surface area contributed by atoms with E-state index in [9.17, 15) is 23.5 Å². The topological polar surface area (TPSA) is 84.7 Å². The molecular formula is C26H29F2N3O4. The van der Waals surface area contributed by atoms with Crippen LogP contribution in [0.1, 0.15) is 49.9 Å². The van der Waals surface area contributed by atoms with Crippen LogP contribution in [0.2, 0.25) is 0 Å². The van der Waals surface area contributed by atoms with Gasteiger partial charge in [-0.15, -0.1) is 0 Å². The first-order chi connectivity index (χ1) is 16.7. The molecule has 0 unspecified atom stereocenters. The molecule has 2 aromatic heterocycles. The predicted molar refractivity (Wildman–Crippen MR) is 126 cm³/mol. The maximum atomic E-state index is 13.0. The van der Waals surface area contributed by atoms with Gasteiger partial charge in [0.05, 0.1) is 12.0 Å². The number of aromatic nitrogens is 2. The van der Waals surface area contributed by atoms with Gasteiger partial charge in [0.15, 0.2) is 0 Å². The summed E-state index contributed by atoms with van der Waals surface area (Å²) in [5, 5.41) is 10.3. The van der Waals surface area contributed by atoms with E-state index >= 15 is 0 Å². The van der Waals surface area contributed by atoms with E-state index in [2.05, 4.69) is 9.72 Å². The smallest absolute Gasteiger partial charge is 0.387 e. The Morgan fingerprint density at radius 3 is 2.77 bits per heavy atom. The van der Waals surface area contributed by atoms with Gasteiger partial charge in [-0.2, -0.15) is 8.78 Å². The summed E-state index contributed by atoms with van der Waals surface area (Å²) in [5.41, 5.74) is 2.83. The molecule has 0 fully saturated rings. The molecule has 35 heavy (non-hydrogen) atoms. The number of carbonyl (C=O) groups excluding carboxylic acids is 1. The van der Waals surface area contributed by atoms with E-state index in [4.69, 9.17) is 0 Å². The van der Waals surface area contributed by atoms with Crippen LogP contribution in [0.3, 0.4) is 0 Å². The van der Waals surface area contributed by atoms with Crippen LogP contribution in [0.4, 0.5) is 8.78 Å². The second-order valence-electron chi connectivity index (χ2n) is 9.52. The van der Waals surface area contributed by atoms with Gasteiger partial charge in [0.2, 0.25) is 5.91 Å². The molecular weight excluding hydrogens is 456 g/mol. The molecule has 3 heterocycles. The van der Waals surface area contributed by atoms with Crippen LogP contribution < -0.4 is 4.74 Å². The van der Waals surface area contributed by atoms with Gasteiger partial charge in [-0.3, -0.25) is 9.59 Å². The van der Waals surface area contributed by atoms with Crippen LogP contribution in [0, 0.1) is 5.41 Å². The van der Waals surface area contributed by atoms with E-state index in [0.29, 0.717) is 38.9 Å². The van der Waals surface area contributed by atoms with Crippen molar-refractivity contribution in [2.45, 2.75) is 59.2 Å². The van der Waals surface area contributed by atoms with Crippen molar-refractivity contribution in [3.05, 3.63) is 59.4 Å². The number of ether oxygens (including phenoxy) is 1. The molecule has 0 aliphatic carbocycles. The van der Waals surface area contributed by atoms with Gasteiger partial charge in [0.25, 0.3) is 0 Å². The average Bonchev–Trinajstić information content (AvgIpc) is 3.11. The molecule has 7 nitrogen and oxygen atoms in total. The fraction of sp³-hybridized carbons (Fsp3) is 0.423. The van der Waals surface area contributed by atoms with Crippen LogP contribution >= 0.6 is 0 Å². The predicted octanol–water partition coefficient (Wildman–Crippen LogP) is 4.85. The molecule has 0 atom stereocenters. The molecule has 0 spiro atoms. The summed E-state index contributed by atoms with van der Waals surface area (Å²) in [6.45, 7) is 1.84. The van der Waals surface area contributed by atoms with Gasteiger partial charge < -0.3 is 19.3 Å². The van der Waals surface area contributed by atoms with Crippen molar-refractivity contribution in [2.75, 3.05) is 6.54 Å². The van der Waals surface area contributed by atoms with E-state index in [1.807, 2.05) is 27.7 Å². The Labute approximate surface area is 202 Å². The average molecular weight is 486 g/mol. The molecule has 3 aromatic rings. The van der Waals surface area contributed by atoms with Crippen LogP contribution in [0.25, 0.3) is 11.0 Å². The summed E-state index contributed by atoms with van der Waals surface area (Å²) in [5.74, 6) is -0.779. The lowest BCUT2D eigenvalue weighted by molar-refractivity contribution is -0.147. The number of nitrogens with zero attached hydrogens (tertiary/aromatic N) is 3. The number of halogens is 2. The molecule has 9 heteroatoms. The molecule has 0 radical (unpaired) electrons. The minimum absolute atomic E-state index is 0.00562. The first-order valence-electron chi connectivity index (χ1n) is 11.7. The van der Waals surface area contributed by atoms with Gasteiger partial charge in [-0.05, 0) is 68.5 Å². The summed E-state index contributed by atoms with van der Waals surface area (Å²) in [6, 6.07) is 10.5. The monoisotopic (exact) mass is 485 g/mol. The first kappa shape index (κ1) is 24.6. The molecule has 0 saturated heterocycles. The minimum Gasteiger partial charge on any atom is -0.481 e. The summed E-state index contributed by atoms with van der Waals surface area (Å²) >= 11 is 0. The number of aliphatic carboxylic acids is 1. The number of fused-ring (bicyclic) bond motifs is 3. The van der Waals surface area contributed by atoms with E-state index in [1.54, 1.807) is 32.2 Å². The van der Waals surface area contributed by atoms with Gasteiger partial charge in [0, 0.05) is 36.8 Å². The van der Waals surface area contributed by atoms with Crippen LogP contribution in [-0.2, 0) is 29.1 Å². The Morgan fingerprint density at radius 1 is 1.23 bits per heavy atom. The summed E-state index contributed by atoms with van der Waals surface area (Å²) < 4.78 is 31.9. The highest BCUT2D eigenvalue weighted by Crippen LogP contribution is 2.32. The van der Waals surface area contributed by atoms with Crippen molar-refractivity contribution in [1.82, 2.24) is 14.5 Å². The third-order valence-corrected chi connectivity index (χ3v) is 6.60. The summed E-state index contributed by atoms with van der Waals surface area (Å²) in [7, 11) is 0. The van der Waals surface area contributed by atoms with Crippen molar-refractivity contribution in [2.24, 2.45) is 5.41 Å². The number of hydrogen-bond donors (Lipinski definition) is 1. The normalized spacial score (nSPS) is 13.8. The Kier molecular flexibility index (Phi) is 7.05. The highest BCUT2D eigenvalue weighted by atomic mass is 19.3. The molecule has 1 aliphatic rings. The lowest BCUT2D eigenvalue weighted by Crippen LogP contribution is -2.36. The van der Waals surface area contributed by atoms with Crippen molar-refractivity contribution in [3.8, 4) is 5.75 Å². The van der Waals surface area contributed by atoms with Crippen molar-refractivity contribution >= 4 is 22.9 Å². The molecule has 0 bridgehead atoms. The maximum Gasteiger partial charge on any atom is 0.387 e. The number of carboxylic acid groups (broad SMARTS) is 1. The minimum atomic E-state index is -2.90. The van der Waals surface area contributed by atoms with Crippen LogP contribution in [-0.4, -0.2) is 44.6 Å². The van der Waals surface area contributed by atoms with Crippen molar-refractivity contribution in [3.63, 3.8) is 0 Å². The lowest BCUT2D eigenvalue weighted by Gasteiger charge is -2.29. The Balaban J connectivity index is 1.55. The molecule has 4 rings (SSSR count). The molecule has 1 aliphatic heterocycles. The standard InChI is InChI=1S/C26H29F2N3O4/c1-26(2,24(33)34)11-4-9-22(32)30-13-10-19-20-8-5-12-29-23(20)31(21(19)16-30)15-17-6-3-7-18(14-17)35-25(27)28/h3,5-8,12,14,25H,4,9-11,13,15-16H2,1-2H3,(H,33,34). The largest absolute Gasteiger partial charge is 0.481 e. The summed E-state index contributed by atoms with van der Waals surface area (Å²) in [6.07, 6.45) is 3.62. The van der Waals surface area contributed by atoms with Gasteiger partial charge in [-0.1, -0.05) is 12.1 Å². The van der Waals surface area contributed by atoms with Gasteiger partial charge >= 0.3 is 12.6 Å². The highest BCUT2D eigenvalue weighted by Gasteiger charge is 2.29. The Hall–Kier alpha value is -3.49. The lowest BCUT2D eigenvalue weighted by atomic mass is 9.87. The van der Waals surface area contributed by atoms with Crippen molar-refractivity contribution in [1.29, 1.82) is 0 Å². The number of amides is 1. The molecule has 186 valence electrons. The third kappa shape index (κ3) is 5.44. The second-order valence-corrected chi connectivity index (χ2v) is 9.52. The number of carboxylic acids is 1. The number of carbonyl (C=O) groups is 2. The molecule has 1 amide bonds. The molecule has 1 aromatic carbocycles. The SMILES string of the molecule is CC(C)(CCCC(=O)N1CCc2c(n(Cc3cccc(OC(F)F)c3)c3ncccc23)C1)C(=O)O. The van der Waals surface area contributed by atoms with Crippen molar-refractivity contribution < 1.29 is 28.2 Å². The van der Waals surface area contributed by atoms with Crippen LogP contribution in [0.15, 0.2) is 42.6 Å². The van der Waals surface area contributed by atoms with Gasteiger partial charge in [0.1, 0.15) is 11.4 Å². The third-order valence-electron chi connectivity index (χ3n) is 6.60. The van der Waals surface area contributed by atoms with Gasteiger partial charge in [-0.25, -0.2) is 4.98 Å². The number of hydrogen-bond acceptors (Lipinski definition) is 4. The Bertz CT molecular complexity index is 1240. The second kappa shape index (κ2) is 10.0. The fourth-order valence-electron chi connectivity index (χ4n) is 4.59. The maximum absolute atomic E-state index is 13.0. The number of alkyl halides is 2. The number of rotatable bonds is 9. The Morgan fingerprint density at radius 2 is 2.03 bits per heavy atom. The highest BCUT2D eigenvalue weighted by molar-refractivity contribution is 5.84.